The summed E-state index contributed by atoms with van der Waals surface area (Å²) in [5, 5.41) is 14.9. The molecular weight excluding hydrogens is 338 g/mol. The summed E-state index contributed by atoms with van der Waals surface area (Å²) in [6.45, 7) is -0.0216. The zero-order valence-electron chi connectivity index (χ0n) is 11.8. The number of carbonyl (C=O) groups excluding carboxylic acids is 1. The molecule has 0 bridgehead atoms. The highest BCUT2D eigenvalue weighted by Crippen LogP contribution is 2.15. The van der Waals surface area contributed by atoms with Gasteiger partial charge in [-0.1, -0.05) is 23.7 Å². The Balaban J connectivity index is 1.72. The number of nitrogens with zero attached hydrogens (tertiary/aromatic N) is 2. The van der Waals surface area contributed by atoms with Crippen LogP contribution in [0.1, 0.15) is 22.0 Å². The van der Waals surface area contributed by atoms with Gasteiger partial charge in [0.1, 0.15) is 5.56 Å². The highest BCUT2D eigenvalue weighted by Gasteiger charge is 2.15. The Morgan fingerprint density at radius 1 is 1.39 bits per heavy atom. The molecule has 0 aliphatic heterocycles. The van der Waals surface area contributed by atoms with Crippen LogP contribution in [0, 0.1) is 0 Å². The van der Waals surface area contributed by atoms with Crippen LogP contribution in [0.25, 0.3) is 4.96 Å². The fourth-order valence-corrected chi connectivity index (χ4v) is 2.87. The molecule has 2 aromatic heterocycles. The minimum absolute atomic E-state index is 0.0216. The Kier molecular flexibility index (Phi) is 4.42. The lowest BCUT2D eigenvalue weighted by Crippen LogP contribution is -2.33. The molecule has 2 N–H and O–H groups in total. The summed E-state index contributed by atoms with van der Waals surface area (Å²) in [6, 6.07) is 6.66. The number of rotatable bonds is 4. The number of aliphatic hydroxyl groups excluding tert-OH is 1. The molecule has 2 heterocycles. The predicted octanol–water partition coefficient (Wildman–Crippen LogP) is 1.87. The summed E-state index contributed by atoms with van der Waals surface area (Å²) in [7, 11) is 0. The molecule has 1 aromatic carbocycles. The molecule has 1 amide bonds. The van der Waals surface area contributed by atoms with Crippen LogP contribution < -0.4 is 10.9 Å². The van der Waals surface area contributed by atoms with E-state index < -0.39 is 17.6 Å². The number of benzene rings is 1. The highest BCUT2D eigenvalue weighted by atomic mass is 35.5. The summed E-state index contributed by atoms with van der Waals surface area (Å²) in [5.41, 5.74) is 0.122. The maximum Gasteiger partial charge on any atom is 0.271 e. The molecule has 0 aliphatic carbocycles. The second-order valence-corrected chi connectivity index (χ2v) is 6.12. The smallest absolute Gasteiger partial charge is 0.271 e. The molecule has 23 heavy (non-hydrogen) atoms. The summed E-state index contributed by atoms with van der Waals surface area (Å²) < 4.78 is 1.31. The zero-order valence-corrected chi connectivity index (χ0v) is 13.3. The van der Waals surface area contributed by atoms with Crippen LogP contribution in [0.5, 0.6) is 0 Å². The highest BCUT2D eigenvalue weighted by molar-refractivity contribution is 7.15. The third kappa shape index (κ3) is 3.26. The number of hydrogen-bond acceptors (Lipinski definition) is 5. The third-order valence-electron chi connectivity index (χ3n) is 3.30. The van der Waals surface area contributed by atoms with Gasteiger partial charge in [-0.2, -0.15) is 0 Å². The Morgan fingerprint density at radius 3 is 2.87 bits per heavy atom. The molecule has 118 valence electrons. The van der Waals surface area contributed by atoms with E-state index in [1.165, 1.54) is 21.9 Å². The normalized spacial score (nSPS) is 12.3. The minimum atomic E-state index is -0.892. The molecule has 0 fully saturated rings. The van der Waals surface area contributed by atoms with E-state index in [1.54, 1.807) is 35.8 Å². The molecule has 8 heteroatoms. The van der Waals surface area contributed by atoms with Crippen LogP contribution in [0.4, 0.5) is 0 Å². The Labute approximate surface area is 140 Å². The van der Waals surface area contributed by atoms with Gasteiger partial charge >= 0.3 is 0 Å². The monoisotopic (exact) mass is 349 g/mol. The number of carbonyl (C=O) groups is 1. The van der Waals surface area contributed by atoms with Gasteiger partial charge in [-0.25, -0.2) is 4.98 Å². The molecule has 0 saturated carbocycles. The number of aliphatic hydroxyl groups is 1. The Bertz CT molecular complexity index is 904. The van der Waals surface area contributed by atoms with Crippen molar-refractivity contribution in [3.8, 4) is 0 Å². The first-order valence-corrected chi connectivity index (χ1v) is 7.98. The van der Waals surface area contributed by atoms with Gasteiger partial charge in [-0.05, 0) is 17.7 Å². The van der Waals surface area contributed by atoms with Crippen LogP contribution >= 0.6 is 22.9 Å². The minimum Gasteiger partial charge on any atom is -0.387 e. The van der Waals surface area contributed by atoms with Gasteiger partial charge in [0.05, 0.1) is 6.10 Å². The lowest BCUT2D eigenvalue weighted by Gasteiger charge is -2.12. The van der Waals surface area contributed by atoms with Crippen molar-refractivity contribution in [2.75, 3.05) is 6.54 Å². The van der Waals surface area contributed by atoms with E-state index in [1.807, 2.05) is 0 Å². The Hall–Kier alpha value is -2.22. The van der Waals surface area contributed by atoms with Gasteiger partial charge in [-0.3, -0.25) is 14.0 Å². The van der Waals surface area contributed by atoms with Crippen LogP contribution in [-0.2, 0) is 0 Å². The van der Waals surface area contributed by atoms with E-state index >= 15 is 0 Å². The maximum atomic E-state index is 12.2. The largest absolute Gasteiger partial charge is 0.387 e. The van der Waals surface area contributed by atoms with Crippen molar-refractivity contribution in [3.63, 3.8) is 0 Å². The first-order chi connectivity index (χ1) is 11.1. The fourth-order valence-electron chi connectivity index (χ4n) is 2.07. The second-order valence-electron chi connectivity index (χ2n) is 4.81. The van der Waals surface area contributed by atoms with E-state index in [0.717, 1.165) is 0 Å². The molecule has 1 atom stereocenters. The van der Waals surface area contributed by atoms with E-state index in [9.17, 15) is 14.7 Å². The predicted molar refractivity (Wildman–Crippen MR) is 88.1 cm³/mol. The molecule has 0 spiro atoms. The first-order valence-electron chi connectivity index (χ1n) is 6.73. The van der Waals surface area contributed by atoms with Gasteiger partial charge < -0.3 is 10.4 Å². The molecule has 0 saturated heterocycles. The molecule has 1 unspecified atom stereocenters. The number of nitrogens with one attached hydrogen (secondary N) is 1. The van der Waals surface area contributed by atoms with Crippen molar-refractivity contribution < 1.29 is 9.90 Å². The summed E-state index contributed by atoms with van der Waals surface area (Å²) >= 11 is 7.09. The number of aromatic nitrogens is 2. The number of thiazole rings is 1. The Morgan fingerprint density at radius 2 is 2.13 bits per heavy atom. The van der Waals surface area contributed by atoms with Crippen molar-refractivity contribution in [1.82, 2.24) is 14.7 Å². The van der Waals surface area contributed by atoms with Crippen LogP contribution in [-0.4, -0.2) is 26.9 Å². The number of halogens is 1. The van der Waals surface area contributed by atoms with Gasteiger partial charge in [0, 0.05) is 29.3 Å². The van der Waals surface area contributed by atoms with Crippen molar-refractivity contribution in [2.45, 2.75) is 6.10 Å². The van der Waals surface area contributed by atoms with Crippen molar-refractivity contribution in [3.05, 3.63) is 68.5 Å². The van der Waals surface area contributed by atoms with Gasteiger partial charge in [0.2, 0.25) is 0 Å². The van der Waals surface area contributed by atoms with Crippen molar-refractivity contribution in [2.24, 2.45) is 0 Å². The van der Waals surface area contributed by atoms with Crippen LogP contribution in [0.15, 0.2) is 46.8 Å². The van der Waals surface area contributed by atoms with Crippen molar-refractivity contribution in [1.29, 1.82) is 0 Å². The zero-order chi connectivity index (χ0) is 16.4. The van der Waals surface area contributed by atoms with Gasteiger partial charge in [-0.15, -0.1) is 11.3 Å². The average molecular weight is 350 g/mol. The summed E-state index contributed by atoms with van der Waals surface area (Å²) in [6.07, 6.45) is 1.92. The molecule has 6 nitrogen and oxygen atoms in total. The molecular formula is C15H12ClN3O3S. The van der Waals surface area contributed by atoms with E-state index in [0.29, 0.717) is 15.5 Å². The van der Waals surface area contributed by atoms with E-state index in [4.69, 9.17) is 11.6 Å². The van der Waals surface area contributed by atoms with Gasteiger partial charge in [0.15, 0.2) is 4.96 Å². The molecule has 3 rings (SSSR count). The van der Waals surface area contributed by atoms with E-state index in [2.05, 4.69) is 10.3 Å². The topological polar surface area (TPSA) is 83.7 Å². The molecule has 3 aromatic rings. The SMILES string of the molecule is O=C(NCC(O)c1ccc(Cl)cc1)c1cnc2sccn2c1=O. The standard InChI is InChI=1S/C15H12ClN3O3S/c16-10-3-1-9(2-4-10)12(20)8-17-13(21)11-7-18-15-19(14(11)22)5-6-23-15/h1-7,12,20H,8H2,(H,17,21). The summed E-state index contributed by atoms with van der Waals surface area (Å²) in [5.74, 6) is -0.573. The number of hydrogen-bond donors (Lipinski definition) is 2. The van der Waals surface area contributed by atoms with Crippen LogP contribution in [0.3, 0.4) is 0 Å². The lowest BCUT2D eigenvalue weighted by molar-refractivity contribution is 0.0914. The second kappa shape index (κ2) is 6.49. The van der Waals surface area contributed by atoms with Crippen LogP contribution in [0.2, 0.25) is 5.02 Å². The average Bonchev–Trinajstić information content (AvgIpc) is 3.03. The maximum absolute atomic E-state index is 12.2. The lowest BCUT2D eigenvalue weighted by atomic mass is 10.1. The number of fused-ring (bicyclic) bond motifs is 1. The van der Waals surface area contributed by atoms with E-state index in [-0.39, 0.29) is 12.1 Å². The summed E-state index contributed by atoms with van der Waals surface area (Å²) in [4.78, 5) is 28.9. The first kappa shape index (κ1) is 15.7. The van der Waals surface area contributed by atoms with Crippen molar-refractivity contribution >= 4 is 33.8 Å². The third-order valence-corrected chi connectivity index (χ3v) is 4.32. The number of amides is 1. The molecule has 0 radical (unpaired) electrons. The van der Waals surface area contributed by atoms with Gasteiger partial charge in [0.25, 0.3) is 11.5 Å². The quantitative estimate of drug-likeness (QED) is 0.753. The molecule has 0 aliphatic rings. The fraction of sp³-hybridized carbons (Fsp3) is 0.133.